The molecule has 1 aromatic heterocycles. The molecule has 1 amide bonds. The van der Waals surface area contributed by atoms with Gasteiger partial charge >= 0.3 is 0 Å². The first-order valence-electron chi connectivity index (χ1n) is 7.79. The minimum absolute atomic E-state index is 0.0958. The predicted octanol–water partition coefficient (Wildman–Crippen LogP) is 4.42. The van der Waals surface area contributed by atoms with Crippen molar-refractivity contribution in [2.45, 2.75) is 13.3 Å². The topological polar surface area (TPSA) is 55.1 Å². The Morgan fingerprint density at radius 3 is 2.64 bits per heavy atom. The number of hydrogen-bond donors (Lipinski definition) is 1. The standard InChI is InChI=1S/C19H16ClFN2O2/c1-12-17(23-19(25-12)15-4-2-3-5-16(15)21)18(24)22-11-10-13-6-8-14(20)9-7-13/h2-9H,10-11H2,1H3,(H,22,24). The Morgan fingerprint density at radius 2 is 1.92 bits per heavy atom. The molecule has 0 aliphatic heterocycles. The van der Waals surface area contributed by atoms with Crippen LogP contribution in [0.15, 0.2) is 52.9 Å². The van der Waals surface area contributed by atoms with Crippen LogP contribution in [0.5, 0.6) is 0 Å². The second-order valence-electron chi connectivity index (χ2n) is 5.54. The van der Waals surface area contributed by atoms with Crippen molar-refractivity contribution in [1.82, 2.24) is 10.3 Å². The molecule has 0 aliphatic rings. The number of nitrogens with zero attached hydrogens (tertiary/aromatic N) is 1. The maximum absolute atomic E-state index is 13.8. The summed E-state index contributed by atoms with van der Waals surface area (Å²) in [5.74, 6) is -0.350. The Kier molecular flexibility index (Phi) is 5.14. The summed E-state index contributed by atoms with van der Waals surface area (Å²) in [4.78, 5) is 16.4. The van der Waals surface area contributed by atoms with Crippen molar-refractivity contribution in [1.29, 1.82) is 0 Å². The molecular weight excluding hydrogens is 343 g/mol. The van der Waals surface area contributed by atoms with E-state index in [9.17, 15) is 9.18 Å². The van der Waals surface area contributed by atoms with Gasteiger partial charge in [-0.15, -0.1) is 0 Å². The minimum Gasteiger partial charge on any atom is -0.440 e. The zero-order chi connectivity index (χ0) is 17.8. The van der Waals surface area contributed by atoms with Crippen LogP contribution in [-0.4, -0.2) is 17.4 Å². The van der Waals surface area contributed by atoms with Gasteiger partial charge in [-0.1, -0.05) is 35.9 Å². The van der Waals surface area contributed by atoms with Crippen LogP contribution in [0, 0.1) is 12.7 Å². The molecule has 0 bridgehead atoms. The molecule has 128 valence electrons. The molecule has 0 radical (unpaired) electrons. The fourth-order valence-electron chi connectivity index (χ4n) is 2.41. The van der Waals surface area contributed by atoms with Gasteiger partial charge in [0.15, 0.2) is 5.69 Å². The van der Waals surface area contributed by atoms with Crippen molar-refractivity contribution in [2.75, 3.05) is 6.54 Å². The molecule has 1 N–H and O–H groups in total. The Balaban J connectivity index is 1.66. The third-order valence-corrected chi connectivity index (χ3v) is 3.98. The average Bonchev–Trinajstić information content (AvgIpc) is 2.98. The zero-order valence-corrected chi connectivity index (χ0v) is 14.3. The SMILES string of the molecule is Cc1oc(-c2ccccc2F)nc1C(=O)NCCc1ccc(Cl)cc1. The molecule has 0 aliphatic carbocycles. The third-order valence-electron chi connectivity index (χ3n) is 3.73. The lowest BCUT2D eigenvalue weighted by Gasteiger charge is -2.04. The van der Waals surface area contributed by atoms with Crippen molar-refractivity contribution in [2.24, 2.45) is 0 Å². The number of rotatable bonds is 5. The molecule has 2 aromatic carbocycles. The van der Waals surface area contributed by atoms with Crippen molar-refractivity contribution < 1.29 is 13.6 Å². The molecule has 3 aromatic rings. The van der Waals surface area contributed by atoms with Crippen LogP contribution in [0.25, 0.3) is 11.5 Å². The number of aryl methyl sites for hydroxylation is 1. The molecule has 1 heterocycles. The largest absolute Gasteiger partial charge is 0.440 e. The lowest BCUT2D eigenvalue weighted by Crippen LogP contribution is -2.26. The number of amides is 1. The molecule has 6 heteroatoms. The summed E-state index contributed by atoms with van der Waals surface area (Å²) in [7, 11) is 0. The summed E-state index contributed by atoms with van der Waals surface area (Å²) in [6.45, 7) is 2.08. The van der Waals surface area contributed by atoms with Crippen LogP contribution >= 0.6 is 11.6 Å². The molecular formula is C19H16ClFN2O2. The third kappa shape index (κ3) is 4.06. The summed E-state index contributed by atoms with van der Waals surface area (Å²) >= 11 is 5.84. The average molecular weight is 359 g/mol. The van der Waals surface area contributed by atoms with E-state index in [0.717, 1.165) is 5.56 Å². The lowest BCUT2D eigenvalue weighted by molar-refractivity contribution is 0.0948. The normalized spacial score (nSPS) is 10.7. The quantitative estimate of drug-likeness (QED) is 0.734. The zero-order valence-electron chi connectivity index (χ0n) is 13.6. The molecule has 0 unspecified atom stereocenters. The summed E-state index contributed by atoms with van der Waals surface area (Å²) in [5, 5.41) is 3.47. The Bertz CT molecular complexity index is 891. The van der Waals surface area contributed by atoms with Crippen molar-refractivity contribution in [3.05, 3.63) is 76.4 Å². The Labute approximate surface area is 149 Å². The second kappa shape index (κ2) is 7.49. The van der Waals surface area contributed by atoms with Crippen LogP contribution in [0.4, 0.5) is 4.39 Å². The van der Waals surface area contributed by atoms with Gasteiger partial charge in [-0.2, -0.15) is 0 Å². The lowest BCUT2D eigenvalue weighted by atomic mass is 10.1. The van der Waals surface area contributed by atoms with Gasteiger partial charge < -0.3 is 9.73 Å². The number of hydrogen-bond acceptors (Lipinski definition) is 3. The number of carbonyl (C=O) groups excluding carboxylic acids is 1. The van der Waals surface area contributed by atoms with Gasteiger partial charge in [-0.05, 0) is 43.2 Å². The van der Waals surface area contributed by atoms with E-state index in [1.807, 2.05) is 12.1 Å². The van der Waals surface area contributed by atoms with Crippen LogP contribution < -0.4 is 5.32 Å². The molecule has 4 nitrogen and oxygen atoms in total. The summed E-state index contributed by atoms with van der Waals surface area (Å²) < 4.78 is 19.3. The molecule has 0 spiro atoms. The number of halogens is 2. The molecule has 0 saturated carbocycles. The van der Waals surface area contributed by atoms with E-state index in [1.54, 1.807) is 37.3 Å². The molecule has 0 saturated heterocycles. The van der Waals surface area contributed by atoms with E-state index in [0.29, 0.717) is 23.7 Å². The van der Waals surface area contributed by atoms with Crippen molar-refractivity contribution in [3.63, 3.8) is 0 Å². The Morgan fingerprint density at radius 1 is 1.20 bits per heavy atom. The highest BCUT2D eigenvalue weighted by Crippen LogP contribution is 2.24. The predicted molar refractivity (Wildman–Crippen MR) is 94.1 cm³/mol. The smallest absolute Gasteiger partial charge is 0.273 e. The van der Waals surface area contributed by atoms with Crippen molar-refractivity contribution in [3.8, 4) is 11.5 Å². The maximum Gasteiger partial charge on any atom is 0.273 e. The molecule has 0 atom stereocenters. The number of oxazole rings is 1. The maximum atomic E-state index is 13.8. The van der Waals surface area contributed by atoms with E-state index >= 15 is 0 Å². The Hall–Kier alpha value is -2.66. The summed E-state index contributed by atoms with van der Waals surface area (Å²) in [6.07, 6.45) is 0.667. The highest BCUT2D eigenvalue weighted by Gasteiger charge is 2.19. The van der Waals surface area contributed by atoms with E-state index < -0.39 is 5.82 Å². The van der Waals surface area contributed by atoms with Gasteiger partial charge in [0.25, 0.3) is 5.91 Å². The number of nitrogens with one attached hydrogen (secondary N) is 1. The van der Waals surface area contributed by atoms with E-state index in [1.165, 1.54) is 6.07 Å². The van der Waals surface area contributed by atoms with Gasteiger partial charge in [-0.25, -0.2) is 9.37 Å². The molecule has 3 rings (SSSR count). The number of benzene rings is 2. The van der Waals surface area contributed by atoms with Gasteiger partial charge in [0, 0.05) is 11.6 Å². The van der Waals surface area contributed by atoms with Crippen LogP contribution in [0.2, 0.25) is 5.02 Å². The monoisotopic (exact) mass is 358 g/mol. The van der Waals surface area contributed by atoms with E-state index in [-0.39, 0.29) is 23.1 Å². The minimum atomic E-state index is -0.446. The first-order chi connectivity index (χ1) is 12.0. The highest BCUT2D eigenvalue weighted by atomic mass is 35.5. The van der Waals surface area contributed by atoms with Crippen LogP contribution in [0.1, 0.15) is 21.8 Å². The van der Waals surface area contributed by atoms with Gasteiger partial charge in [0.2, 0.25) is 5.89 Å². The van der Waals surface area contributed by atoms with E-state index in [4.69, 9.17) is 16.0 Å². The summed E-state index contributed by atoms with van der Waals surface area (Å²) in [5.41, 5.74) is 1.45. The number of aromatic nitrogens is 1. The van der Waals surface area contributed by atoms with Crippen LogP contribution in [-0.2, 0) is 6.42 Å². The first-order valence-corrected chi connectivity index (χ1v) is 8.17. The highest BCUT2D eigenvalue weighted by molar-refractivity contribution is 6.30. The van der Waals surface area contributed by atoms with Gasteiger partial charge in [-0.3, -0.25) is 4.79 Å². The second-order valence-corrected chi connectivity index (χ2v) is 5.97. The summed E-state index contributed by atoms with van der Waals surface area (Å²) in [6, 6.07) is 13.6. The van der Waals surface area contributed by atoms with Crippen molar-refractivity contribution >= 4 is 17.5 Å². The number of carbonyl (C=O) groups is 1. The fourth-order valence-corrected chi connectivity index (χ4v) is 2.54. The van der Waals surface area contributed by atoms with Gasteiger partial charge in [0.05, 0.1) is 5.56 Å². The fraction of sp³-hybridized carbons (Fsp3) is 0.158. The van der Waals surface area contributed by atoms with E-state index in [2.05, 4.69) is 10.3 Å². The van der Waals surface area contributed by atoms with Gasteiger partial charge in [0.1, 0.15) is 11.6 Å². The van der Waals surface area contributed by atoms with Crippen LogP contribution in [0.3, 0.4) is 0 Å². The molecule has 0 fully saturated rings. The molecule has 25 heavy (non-hydrogen) atoms. The first kappa shape index (κ1) is 17.2.